The van der Waals surface area contributed by atoms with Gasteiger partial charge in [0, 0.05) is 30.4 Å². The molecule has 1 aliphatic heterocycles. The summed E-state index contributed by atoms with van der Waals surface area (Å²) in [7, 11) is 0. The first-order valence-electron chi connectivity index (χ1n) is 9.57. The van der Waals surface area contributed by atoms with Crippen molar-refractivity contribution in [1.29, 1.82) is 0 Å². The average molecular weight is 402 g/mol. The minimum Gasteiger partial charge on any atom is -0.462 e. The fourth-order valence-electron chi connectivity index (χ4n) is 4.47. The van der Waals surface area contributed by atoms with E-state index >= 15 is 0 Å². The summed E-state index contributed by atoms with van der Waals surface area (Å²) in [5.41, 5.74) is 1.97. The molecule has 3 fully saturated rings. The van der Waals surface area contributed by atoms with Crippen molar-refractivity contribution in [1.82, 2.24) is 0 Å². The van der Waals surface area contributed by atoms with Gasteiger partial charge in [0.1, 0.15) is 18.8 Å². The van der Waals surface area contributed by atoms with E-state index in [1.165, 1.54) is 13.0 Å². The smallest absolute Gasteiger partial charge is 0.334 e. The number of carbonyl (C=O) groups is 3. The Morgan fingerprint density at radius 3 is 2.59 bits per heavy atom. The molecule has 0 bridgehead atoms. The van der Waals surface area contributed by atoms with Crippen LogP contribution in [0.25, 0.3) is 0 Å². The zero-order chi connectivity index (χ0) is 21.5. The molecule has 3 rings (SSSR count). The van der Waals surface area contributed by atoms with Crippen LogP contribution < -0.4 is 0 Å². The van der Waals surface area contributed by atoms with Gasteiger partial charge in [0.2, 0.25) is 0 Å². The highest BCUT2D eigenvalue weighted by molar-refractivity contribution is 5.92. The zero-order valence-corrected chi connectivity index (χ0v) is 16.7. The fraction of sp³-hybridized carbons (Fsp3) is 0.500. The number of carbonyl (C=O) groups excluding carboxylic acids is 3. The molecule has 2 saturated carbocycles. The van der Waals surface area contributed by atoms with Gasteiger partial charge in [-0.25, -0.2) is 9.59 Å². The van der Waals surface area contributed by atoms with Crippen LogP contribution in [0.4, 0.5) is 0 Å². The molecule has 2 aliphatic carbocycles. The molecule has 6 atom stereocenters. The molecule has 1 saturated heterocycles. The molecule has 7 heteroatoms. The lowest BCUT2D eigenvalue weighted by atomic mass is 9.81. The first kappa shape index (κ1) is 21.0. The van der Waals surface area contributed by atoms with E-state index in [9.17, 15) is 19.5 Å². The van der Waals surface area contributed by atoms with Crippen LogP contribution in [0.1, 0.15) is 26.7 Å². The number of esters is 3. The van der Waals surface area contributed by atoms with Crippen molar-refractivity contribution < 1.29 is 33.7 Å². The summed E-state index contributed by atoms with van der Waals surface area (Å²) in [5, 5.41) is 10.3. The molecule has 0 radical (unpaired) electrons. The summed E-state index contributed by atoms with van der Waals surface area (Å²) in [4.78, 5) is 35.7. The Morgan fingerprint density at radius 2 is 1.93 bits per heavy atom. The number of rotatable bonds is 4. The summed E-state index contributed by atoms with van der Waals surface area (Å²) in [6.45, 7) is 14.8. The highest BCUT2D eigenvalue weighted by Gasteiger charge is 2.56. The molecule has 3 aliphatic rings. The molecule has 156 valence electrons. The maximum absolute atomic E-state index is 12.6. The van der Waals surface area contributed by atoms with Crippen molar-refractivity contribution in [2.75, 3.05) is 6.61 Å². The lowest BCUT2D eigenvalue weighted by Gasteiger charge is -2.28. The summed E-state index contributed by atoms with van der Waals surface area (Å²) >= 11 is 0. The predicted molar refractivity (Wildman–Crippen MR) is 103 cm³/mol. The lowest BCUT2D eigenvalue weighted by molar-refractivity contribution is -0.148. The van der Waals surface area contributed by atoms with E-state index in [2.05, 4.69) is 19.7 Å². The fourth-order valence-corrected chi connectivity index (χ4v) is 4.47. The number of aliphatic hydroxyl groups is 1. The molecule has 0 aromatic carbocycles. The van der Waals surface area contributed by atoms with E-state index < -0.39 is 42.1 Å². The molecule has 0 amide bonds. The van der Waals surface area contributed by atoms with E-state index in [0.717, 1.165) is 5.57 Å². The van der Waals surface area contributed by atoms with Crippen LogP contribution >= 0.6 is 0 Å². The van der Waals surface area contributed by atoms with Crippen LogP contribution in [-0.2, 0) is 28.6 Å². The topological polar surface area (TPSA) is 99.1 Å². The second-order valence-electron chi connectivity index (χ2n) is 7.88. The van der Waals surface area contributed by atoms with Gasteiger partial charge >= 0.3 is 17.9 Å². The van der Waals surface area contributed by atoms with Gasteiger partial charge in [-0.2, -0.15) is 0 Å². The van der Waals surface area contributed by atoms with Gasteiger partial charge in [-0.05, 0) is 30.9 Å². The highest BCUT2D eigenvalue weighted by Crippen LogP contribution is 2.52. The van der Waals surface area contributed by atoms with Crippen LogP contribution in [0.3, 0.4) is 0 Å². The third-order valence-corrected chi connectivity index (χ3v) is 6.03. The van der Waals surface area contributed by atoms with E-state index in [-0.39, 0.29) is 29.6 Å². The van der Waals surface area contributed by atoms with Gasteiger partial charge in [0.25, 0.3) is 0 Å². The van der Waals surface area contributed by atoms with Crippen LogP contribution in [-0.4, -0.2) is 47.9 Å². The zero-order valence-electron chi connectivity index (χ0n) is 16.7. The minimum absolute atomic E-state index is 0.0319. The van der Waals surface area contributed by atoms with Crippen LogP contribution in [0.2, 0.25) is 0 Å². The van der Waals surface area contributed by atoms with Crippen LogP contribution in [0, 0.1) is 17.8 Å². The molecule has 1 N–H and O–H groups in total. The van der Waals surface area contributed by atoms with Crippen molar-refractivity contribution in [3.05, 3.63) is 48.1 Å². The largest absolute Gasteiger partial charge is 0.462 e. The van der Waals surface area contributed by atoms with Crippen LogP contribution in [0.15, 0.2) is 48.1 Å². The number of hydrogen-bond acceptors (Lipinski definition) is 7. The SMILES string of the molecule is C=C1CC(OC(=O)C(C)=CCOC(C)=O)C2C(=C)C(=O)OC2C2C(=C)C(O)CC12. The summed E-state index contributed by atoms with van der Waals surface area (Å²) < 4.78 is 16.1. The van der Waals surface area contributed by atoms with E-state index in [1.807, 2.05) is 0 Å². The van der Waals surface area contributed by atoms with Crippen LogP contribution in [0.5, 0.6) is 0 Å². The lowest BCUT2D eigenvalue weighted by Crippen LogP contribution is -2.36. The second kappa shape index (κ2) is 7.99. The predicted octanol–water partition coefficient (Wildman–Crippen LogP) is 2.02. The van der Waals surface area contributed by atoms with Crippen molar-refractivity contribution in [2.24, 2.45) is 17.8 Å². The van der Waals surface area contributed by atoms with Crippen molar-refractivity contribution >= 4 is 17.9 Å². The molecule has 0 aromatic heterocycles. The molecule has 7 nitrogen and oxygen atoms in total. The average Bonchev–Trinajstić information content (AvgIpc) is 3.06. The Labute approximate surface area is 169 Å². The maximum Gasteiger partial charge on any atom is 0.334 e. The Kier molecular flexibility index (Phi) is 5.80. The maximum atomic E-state index is 12.6. The normalized spacial score (nSPS) is 34.2. The standard InChI is InChI=1S/C22H26O7/c1-10(6-7-27-14(5)23)21(25)28-17-8-11(2)15-9-16(24)12(3)18(15)20-19(17)13(4)22(26)29-20/h6,15-20,24H,2-4,7-9H2,1,5H3. The van der Waals surface area contributed by atoms with Gasteiger partial charge in [-0.15, -0.1) is 0 Å². The number of ether oxygens (including phenoxy) is 3. The Hall–Kier alpha value is -2.67. The first-order chi connectivity index (χ1) is 13.6. The van der Waals surface area contributed by atoms with E-state index in [1.54, 1.807) is 6.92 Å². The molecular formula is C22H26O7. The molecule has 1 heterocycles. The molecular weight excluding hydrogens is 376 g/mol. The van der Waals surface area contributed by atoms with Crippen molar-refractivity contribution in [3.63, 3.8) is 0 Å². The Bertz CT molecular complexity index is 821. The van der Waals surface area contributed by atoms with Gasteiger partial charge < -0.3 is 19.3 Å². The monoisotopic (exact) mass is 402 g/mol. The van der Waals surface area contributed by atoms with Gasteiger partial charge in [0.05, 0.1) is 12.0 Å². The third-order valence-electron chi connectivity index (χ3n) is 6.03. The second-order valence-corrected chi connectivity index (χ2v) is 7.88. The van der Waals surface area contributed by atoms with Gasteiger partial charge in [-0.1, -0.05) is 25.3 Å². The summed E-state index contributed by atoms with van der Waals surface area (Å²) in [5.74, 6) is -2.47. The quantitative estimate of drug-likeness (QED) is 0.332. The summed E-state index contributed by atoms with van der Waals surface area (Å²) in [6, 6.07) is 0. The molecule has 0 spiro atoms. The summed E-state index contributed by atoms with van der Waals surface area (Å²) in [6.07, 6.45) is 0.294. The molecule has 0 aromatic rings. The minimum atomic E-state index is -0.680. The molecule has 29 heavy (non-hydrogen) atoms. The number of fused-ring (bicyclic) bond motifs is 3. The van der Waals surface area contributed by atoms with Crippen molar-refractivity contribution in [3.8, 4) is 0 Å². The van der Waals surface area contributed by atoms with Crippen molar-refractivity contribution in [2.45, 2.75) is 45.0 Å². The Morgan fingerprint density at radius 1 is 1.24 bits per heavy atom. The number of hydrogen-bond donors (Lipinski definition) is 1. The van der Waals surface area contributed by atoms with E-state index in [4.69, 9.17) is 14.2 Å². The van der Waals surface area contributed by atoms with E-state index in [0.29, 0.717) is 18.4 Å². The van der Waals surface area contributed by atoms with Gasteiger partial charge in [-0.3, -0.25) is 4.79 Å². The highest BCUT2D eigenvalue weighted by atomic mass is 16.6. The number of aliphatic hydroxyl groups excluding tert-OH is 1. The third kappa shape index (κ3) is 3.92. The molecule has 6 unspecified atom stereocenters. The van der Waals surface area contributed by atoms with Gasteiger partial charge in [0.15, 0.2) is 0 Å². The first-order valence-corrected chi connectivity index (χ1v) is 9.57. The Balaban J connectivity index is 1.84.